The van der Waals surface area contributed by atoms with E-state index in [4.69, 9.17) is 0 Å². The van der Waals surface area contributed by atoms with Gasteiger partial charge in [0.25, 0.3) is 0 Å². The minimum absolute atomic E-state index is 0.133. The molecule has 1 atom stereocenters. The molecule has 0 amide bonds. The lowest BCUT2D eigenvalue weighted by Gasteiger charge is -2.34. The molecule has 96 heavy (non-hydrogen) atoms. The molecule has 0 spiro atoms. The van der Waals surface area contributed by atoms with Crippen molar-refractivity contribution in [2.45, 2.75) is 89.4 Å². The van der Waals surface area contributed by atoms with E-state index < -0.39 is 0 Å². The number of rotatable bonds is 8. The zero-order valence-corrected chi connectivity index (χ0v) is 55.8. The lowest BCUT2D eigenvalue weighted by atomic mass is 9.78. The molecule has 0 radical (unpaired) electrons. The Balaban J connectivity index is 0.896. The molecule has 0 fully saturated rings. The Labute approximate surface area is 563 Å². The summed E-state index contributed by atoms with van der Waals surface area (Å²) in [5.74, 6) is 0.332. The fourth-order valence-corrected chi connectivity index (χ4v) is 18.6. The van der Waals surface area contributed by atoms with Crippen LogP contribution in [-0.2, 0) is 21.7 Å². The monoisotopic (exact) mass is 1230 g/mol. The van der Waals surface area contributed by atoms with Crippen molar-refractivity contribution in [3.05, 3.63) is 341 Å². The van der Waals surface area contributed by atoms with Crippen molar-refractivity contribution < 1.29 is 0 Å². The zero-order valence-electron chi connectivity index (χ0n) is 55.8. The van der Waals surface area contributed by atoms with Crippen LogP contribution in [0.4, 0.5) is 28.4 Å². The van der Waals surface area contributed by atoms with Gasteiger partial charge in [0.05, 0.1) is 0 Å². The van der Waals surface area contributed by atoms with Crippen LogP contribution in [0.2, 0.25) is 0 Å². The van der Waals surface area contributed by atoms with Gasteiger partial charge in [-0.3, -0.25) is 0 Å². The number of allylic oxidation sites excluding steroid dienone is 3. The summed E-state index contributed by atoms with van der Waals surface area (Å²) >= 11 is 0. The number of hydrogen-bond acceptors (Lipinski definition) is 2. The average Bonchev–Trinajstić information content (AvgIpc) is 1.21. The van der Waals surface area contributed by atoms with E-state index >= 15 is 0 Å². The van der Waals surface area contributed by atoms with E-state index in [9.17, 15) is 0 Å². The maximum absolute atomic E-state index is 2.60. The summed E-state index contributed by atoms with van der Waals surface area (Å²) in [5, 5.41) is 9.70. The van der Waals surface area contributed by atoms with Crippen LogP contribution in [0.5, 0.6) is 0 Å². The second-order valence-corrected chi connectivity index (χ2v) is 29.9. The van der Waals surface area contributed by atoms with Crippen molar-refractivity contribution in [2.24, 2.45) is 0 Å². The predicted molar refractivity (Wildman–Crippen MR) is 406 cm³/mol. The average molecular weight is 1230 g/mol. The first-order valence-electron chi connectivity index (χ1n) is 34.5. The van der Waals surface area contributed by atoms with E-state index in [2.05, 4.69) is 350 Å². The van der Waals surface area contributed by atoms with Gasteiger partial charge in [-0.15, -0.1) is 0 Å². The van der Waals surface area contributed by atoms with E-state index in [1.54, 1.807) is 0 Å². The highest BCUT2D eigenvalue weighted by Crippen LogP contribution is 2.59. The second-order valence-electron chi connectivity index (χ2n) is 29.9. The summed E-state index contributed by atoms with van der Waals surface area (Å²) in [5.41, 5.74) is 31.5. The van der Waals surface area contributed by atoms with Gasteiger partial charge in [-0.25, -0.2) is 0 Å². The first-order chi connectivity index (χ1) is 46.6. The van der Waals surface area contributed by atoms with Crippen LogP contribution in [0, 0.1) is 0 Å². The summed E-state index contributed by atoms with van der Waals surface area (Å²) < 4.78 is 0. The molecule has 0 saturated carbocycles. The number of fused-ring (bicyclic) bond motifs is 16. The number of anilines is 5. The maximum atomic E-state index is 2.60. The van der Waals surface area contributed by atoms with Crippen molar-refractivity contribution in [3.8, 4) is 55.6 Å². The fraction of sp³-hybridized carbons (Fsp3) is 0.149. The van der Waals surface area contributed by atoms with Gasteiger partial charge in [0, 0.05) is 61.7 Å². The van der Waals surface area contributed by atoms with Gasteiger partial charge >= 0.3 is 0 Å². The summed E-state index contributed by atoms with van der Waals surface area (Å²) in [4.78, 5) is 5.16. The topological polar surface area (TPSA) is 6.48 Å². The Hall–Kier alpha value is -10.8. The van der Waals surface area contributed by atoms with Crippen LogP contribution in [-0.4, -0.2) is 0 Å². The molecule has 1 unspecified atom stereocenters. The van der Waals surface area contributed by atoms with Crippen molar-refractivity contribution in [2.75, 3.05) is 9.80 Å². The number of nitrogens with zero attached hydrogens (tertiary/aromatic N) is 2. The molecule has 2 nitrogen and oxygen atoms in total. The van der Waals surface area contributed by atoms with Gasteiger partial charge < -0.3 is 9.80 Å². The molecule has 19 rings (SSSR count). The van der Waals surface area contributed by atoms with Crippen LogP contribution < -0.4 is 9.80 Å². The van der Waals surface area contributed by atoms with Gasteiger partial charge in [-0.2, -0.15) is 0 Å². The molecule has 5 aliphatic carbocycles. The Bertz CT molecular complexity index is 5660. The minimum Gasteiger partial charge on any atom is -0.311 e. The van der Waals surface area contributed by atoms with Crippen LogP contribution in [0.3, 0.4) is 0 Å². The quantitative estimate of drug-likeness (QED) is 0.140. The molecule has 2 heteroatoms. The van der Waals surface area contributed by atoms with Crippen molar-refractivity contribution >= 4 is 71.5 Å². The largest absolute Gasteiger partial charge is 0.311 e. The maximum Gasteiger partial charge on any atom is 0.0468 e. The summed E-state index contributed by atoms with van der Waals surface area (Å²) in [6.45, 7) is 19.3. The molecule has 0 heterocycles. The van der Waals surface area contributed by atoms with E-state index in [1.807, 2.05) is 0 Å². The molecular weight excluding hydrogens is 1160 g/mol. The van der Waals surface area contributed by atoms with Gasteiger partial charge in [-0.05, 0) is 216 Å². The van der Waals surface area contributed by atoms with E-state index in [0.29, 0.717) is 5.92 Å². The standard InChI is InChI=1S/C94H74N2/c1-91(2)81-35-17-13-29-67(81)71-45-39-61(53-85(71)91)95(62-40-46-72-68-30-14-18-36-82(68)92(3,4)86(72)54-62)59-43-49-77-79(51-59)89(75-33-21-25-57-23-9-11-27-65(57)75)78-50-44-60(52-80(78)90(77)76-34-22-26-58-24-10-12-28-66(58)76)96(63-41-47-73-69-31-15-19-37-83(69)93(5,6)87(73)55-63)64-42-48-74-70-32-16-20-38-84(70)94(7,8)88(74)56-64/h9-47,49-56,74H,48H2,1-8H3. The highest BCUT2D eigenvalue weighted by molar-refractivity contribution is 6.26. The number of benzene rings is 14. The van der Waals surface area contributed by atoms with E-state index in [0.717, 1.165) is 34.9 Å². The second kappa shape index (κ2) is 20.4. The van der Waals surface area contributed by atoms with Gasteiger partial charge in [-0.1, -0.05) is 279 Å². The van der Waals surface area contributed by atoms with Crippen molar-refractivity contribution in [1.29, 1.82) is 0 Å². The Morgan fingerprint density at radius 2 is 0.625 bits per heavy atom. The molecule has 14 aromatic rings. The highest BCUT2D eigenvalue weighted by Gasteiger charge is 2.44. The van der Waals surface area contributed by atoms with E-state index in [-0.39, 0.29) is 21.7 Å². The van der Waals surface area contributed by atoms with Crippen LogP contribution >= 0.6 is 0 Å². The summed E-state index contributed by atoms with van der Waals surface area (Å²) in [6, 6.07) is 105. The Morgan fingerprint density at radius 1 is 0.271 bits per heavy atom. The zero-order chi connectivity index (χ0) is 64.7. The fourth-order valence-electron chi connectivity index (χ4n) is 18.6. The lowest BCUT2D eigenvalue weighted by Crippen LogP contribution is -2.23. The Morgan fingerprint density at radius 3 is 1.10 bits per heavy atom. The number of hydrogen-bond donors (Lipinski definition) is 0. The van der Waals surface area contributed by atoms with Crippen molar-refractivity contribution in [1.82, 2.24) is 0 Å². The molecule has 0 saturated heterocycles. The van der Waals surface area contributed by atoms with Crippen LogP contribution in [0.15, 0.2) is 296 Å². The Kier molecular flexibility index (Phi) is 12.0. The van der Waals surface area contributed by atoms with Crippen molar-refractivity contribution in [3.63, 3.8) is 0 Å². The molecular formula is C94H74N2. The molecule has 0 N–H and O–H groups in total. The van der Waals surface area contributed by atoms with Gasteiger partial charge in [0.2, 0.25) is 0 Å². The SMILES string of the molecule is CC1(C)C2=CC(N(c3ccc4c(c3)C(C)(C)c3ccccc3-4)c3ccc4c(-c5cccc6ccccc56)c5cc(N(c6ccc7c(c6)C(C)(C)c6ccccc6-7)c6ccc7c(c6)C(C)(C)c6ccccc6-7)ccc5c(-c5cccc6ccccc56)c4c3)=CCC2c2ccccc21. The third kappa shape index (κ3) is 7.99. The summed E-state index contributed by atoms with van der Waals surface area (Å²) in [6.07, 6.45) is 6.03. The third-order valence-electron chi connectivity index (χ3n) is 23.4. The predicted octanol–water partition coefficient (Wildman–Crippen LogP) is 25.4. The first kappa shape index (κ1) is 56.7. The lowest BCUT2D eigenvalue weighted by molar-refractivity contribution is 0.609. The molecule has 0 aliphatic heterocycles. The molecule has 0 bridgehead atoms. The summed E-state index contributed by atoms with van der Waals surface area (Å²) in [7, 11) is 0. The minimum atomic E-state index is -0.199. The van der Waals surface area contributed by atoms with Crippen LogP contribution in [0.25, 0.3) is 98.7 Å². The molecule has 0 aromatic heterocycles. The van der Waals surface area contributed by atoms with Gasteiger partial charge in [0.15, 0.2) is 0 Å². The first-order valence-corrected chi connectivity index (χ1v) is 34.5. The highest BCUT2D eigenvalue weighted by atomic mass is 15.2. The smallest absolute Gasteiger partial charge is 0.0468 e. The molecule has 460 valence electrons. The van der Waals surface area contributed by atoms with Crippen LogP contribution in [0.1, 0.15) is 112 Å². The normalized spacial score (nSPS) is 16.6. The third-order valence-corrected chi connectivity index (χ3v) is 23.4. The molecule has 14 aromatic carbocycles. The van der Waals surface area contributed by atoms with E-state index in [1.165, 1.54) is 155 Å². The van der Waals surface area contributed by atoms with Gasteiger partial charge in [0.1, 0.15) is 0 Å². The molecule has 5 aliphatic rings.